The van der Waals surface area contributed by atoms with Crippen LogP contribution in [0.15, 0.2) is 30.3 Å². The predicted octanol–water partition coefficient (Wildman–Crippen LogP) is -2.88. The van der Waals surface area contributed by atoms with Crippen molar-refractivity contribution in [3.63, 3.8) is 0 Å². The molecule has 130 valence electrons. The van der Waals surface area contributed by atoms with E-state index in [-0.39, 0.29) is 18.9 Å². The Kier molecular flexibility index (Phi) is 9.35. The second kappa shape index (κ2) is 10.7. The molecule has 0 saturated carbocycles. The highest BCUT2D eigenvalue weighted by atomic mass is 16.5. The summed E-state index contributed by atoms with van der Waals surface area (Å²) < 4.78 is 5.38. The maximum atomic E-state index is 12.1. The summed E-state index contributed by atoms with van der Waals surface area (Å²) in [6.45, 7) is 1.43. The van der Waals surface area contributed by atoms with E-state index < -0.39 is 30.4 Å². The highest BCUT2D eigenvalue weighted by molar-refractivity contribution is 7.49. The minimum Gasteiger partial charge on any atom is -0.394 e. The van der Waals surface area contributed by atoms with E-state index >= 15 is 0 Å². The number of nitrogens with two attached hydrogens (primary N) is 1. The number of benzene rings is 1. The van der Waals surface area contributed by atoms with Crippen LogP contribution < -0.4 is 11.1 Å². The summed E-state index contributed by atoms with van der Waals surface area (Å²) in [5.74, 6) is -0.362. The lowest BCUT2D eigenvalue weighted by atomic mass is 9.08. The summed E-state index contributed by atoms with van der Waals surface area (Å²) in [4.78, 5) is 12.1. The van der Waals surface area contributed by atoms with Crippen LogP contribution in [-0.4, -0.2) is 82.7 Å². The Hall–Kier alpha value is -1.21. The highest BCUT2D eigenvalue weighted by Gasteiger charge is 2.42. The van der Waals surface area contributed by atoms with Crippen molar-refractivity contribution in [3.05, 3.63) is 35.9 Å². The van der Waals surface area contributed by atoms with Crippen LogP contribution in [0, 0.1) is 0 Å². The molecule has 1 amide bonds. The molecule has 4 radical (unpaired) electrons. The molecule has 1 aliphatic heterocycles. The van der Waals surface area contributed by atoms with Crippen LogP contribution in [0.25, 0.3) is 0 Å². The van der Waals surface area contributed by atoms with Crippen LogP contribution in [0.4, 0.5) is 0 Å². The second-order valence-corrected chi connectivity index (χ2v) is 6.14. The third-order valence-corrected chi connectivity index (χ3v) is 3.76. The third-order valence-electron chi connectivity index (χ3n) is 3.76. The van der Waals surface area contributed by atoms with E-state index in [0.717, 1.165) is 5.56 Å². The molecule has 5 N–H and O–H groups in total. The number of aliphatic hydroxyl groups is 2. The standard InChI is InChI=1S/C15H22N2O4.B4H2/c1-9-14(19)13(12(8-18)21-9)17-15(20)11(16)7-10-5-3-2-4-6-10;1-4(2)3/h2-6,9,11-14,18-19H,7-8,16H2,1H3,(H,17,20);1-2H/t9-,11?,12+,13?,14+;/m0./s1. The molecule has 2 rings (SSSR count). The van der Waals surface area contributed by atoms with Crippen molar-refractivity contribution in [2.75, 3.05) is 6.61 Å². The Labute approximate surface area is 153 Å². The number of hydrogen-bond acceptors (Lipinski definition) is 5. The smallest absolute Gasteiger partial charge is 0.237 e. The molecule has 2 unspecified atom stereocenters. The first kappa shape index (κ1) is 21.8. The van der Waals surface area contributed by atoms with Gasteiger partial charge in [-0.05, 0) is 18.9 Å². The van der Waals surface area contributed by atoms with Crippen molar-refractivity contribution in [2.45, 2.75) is 43.7 Å². The van der Waals surface area contributed by atoms with Crippen molar-refractivity contribution in [1.82, 2.24) is 5.32 Å². The van der Waals surface area contributed by atoms with Gasteiger partial charge < -0.3 is 26.0 Å². The summed E-state index contributed by atoms with van der Waals surface area (Å²) in [6.07, 6.45) is -1.65. The van der Waals surface area contributed by atoms with Crippen molar-refractivity contribution in [3.8, 4) is 0 Å². The zero-order valence-electron chi connectivity index (χ0n) is 14.5. The fourth-order valence-corrected chi connectivity index (χ4v) is 2.52. The molecule has 25 heavy (non-hydrogen) atoms. The van der Waals surface area contributed by atoms with E-state index in [1.807, 2.05) is 30.3 Å². The molecule has 1 heterocycles. The van der Waals surface area contributed by atoms with Gasteiger partial charge in [-0.15, -0.1) is 0 Å². The van der Waals surface area contributed by atoms with Crippen LogP contribution in [0.5, 0.6) is 0 Å². The molecular formula is C15H24B4N2O4. The van der Waals surface area contributed by atoms with Gasteiger partial charge in [-0.1, -0.05) is 30.3 Å². The van der Waals surface area contributed by atoms with Crippen molar-refractivity contribution >= 4 is 35.5 Å². The molecule has 1 aromatic carbocycles. The van der Waals surface area contributed by atoms with Crippen LogP contribution in [0.3, 0.4) is 0 Å². The Morgan fingerprint density at radius 1 is 1.44 bits per heavy atom. The fraction of sp³-hybridized carbons (Fsp3) is 0.533. The first-order chi connectivity index (χ1) is 11.8. The summed E-state index contributed by atoms with van der Waals surface area (Å²) in [5.41, 5.74) is 6.87. The first-order valence-corrected chi connectivity index (χ1v) is 8.22. The lowest BCUT2D eigenvalue weighted by Crippen LogP contribution is -2.53. The van der Waals surface area contributed by atoms with Gasteiger partial charge in [0.1, 0.15) is 12.2 Å². The van der Waals surface area contributed by atoms with E-state index in [4.69, 9.17) is 18.2 Å². The number of amides is 1. The average molecular weight is 340 g/mol. The van der Waals surface area contributed by atoms with Crippen molar-refractivity contribution in [2.24, 2.45) is 5.73 Å². The molecule has 1 aromatic rings. The number of carbonyl (C=O) groups excluding carboxylic acids is 1. The van der Waals surface area contributed by atoms with Gasteiger partial charge in [-0.3, -0.25) is 4.79 Å². The predicted molar refractivity (Wildman–Crippen MR) is 103 cm³/mol. The number of ether oxygens (including phenoxy) is 1. The number of aliphatic hydroxyl groups excluding tert-OH is 2. The molecule has 0 aromatic heterocycles. The van der Waals surface area contributed by atoms with Gasteiger partial charge in [0.05, 0.1) is 24.8 Å². The van der Waals surface area contributed by atoms with Crippen molar-refractivity contribution in [1.29, 1.82) is 0 Å². The van der Waals surface area contributed by atoms with Crippen molar-refractivity contribution < 1.29 is 19.7 Å². The molecule has 6 nitrogen and oxygen atoms in total. The van der Waals surface area contributed by atoms with Gasteiger partial charge in [0, 0.05) is 29.6 Å². The molecule has 5 atom stereocenters. The molecule has 0 aliphatic carbocycles. The van der Waals surface area contributed by atoms with Gasteiger partial charge in [0.15, 0.2) is 0 Å². The molecule has 1 aliphatic rings. The second-order valence-electron chi connectivity index (χ2n) is 6.14. The van der Waals surface area contributed by atoms with Crippen LogP contribution in [-0.2, 0) is 16.0 Å². The van der Waals surface area contributed by atoms with E-state index in [9.17, 15) is 15.0 Å². The third kappa shape index (κ3) is 7.28. The quantitative estimate of drug-likeness (QED) is 0.432. The van der Waals surface area contributed by atoms with E-state index in [1.165, 1.54) is 0 Å². The molecular weight excluding hydrogens is 315 g/mol. The number of rotatable bonds is 5. The SMILES string of the molecule is C[C@@H]1O[C@H](CO)C(NC(=O)C(N)Cc2ccccc2)[C@@H]1O.[B]B([BH])[BH]. The molecule has 10 heteroatoms. The topological polar surface area (TPSA) is 105 Å². The van der Waals surface area contributed by atoms with Gasteiger partial charge in [-0.25, -0.2) is 0 Å². The maximum Gasteiger partial charge on any atom is 0.237 e. The largest absolute Gasteiger partial charge is 0.394 e. The molecule has 0 bridgehead atoms. The summed E-state index contributed by atoms with van der Waals surface area (Å²) in [5, 5.41) is 21.9. The molecule has 0 spiro atoms. The normalized spacial score (nSPS) is 26.2. The number of hydrogen-bond donors (Lipinski definition) is 4. The monoisotopic (exact) mass is 340 g/mol. The summed E-state index contributed by atoms with van der Waals surface area (Å²) >= 11 is 0. The minimum atomic E-state index is -0.852. The van der Waals surface area contributed by atoms with Gasteiger partial charge in [0.2, 0.25) is 5.91 Å². The van der Waals surface area contributed by atoms with E-state index in [0.29, 0.717) is 6.42 Å². The lowest BCUT2D eigenvalue weighted by molar-refractivity contribution is -0.124. The Balaban J connectivity index is 0.000000705. The zero-order valence-corrected chi connectivity index (χ0v) is 14.5. The lowest BCUT2D eigenvalue weighted by Gasteiger charge is -2.22. The summed E-state index contributed by atoms with van der Waals surface area (Å²) in [6, 6.07) is 8.12. The van der Waals surface area contributed by atoms with Crippen LogP contribution in [0.2, 0.25) is 0 Å². The number of nitrogens with one attached hydrogen (secondary N) is 1. The fourth-order valence-electron chi connectivity index (χ4n) is 2.52. The highest BCUT2D eigenvalue weighted by Crippen LogP contribution is 2.20. The van der Waals surface area contributed by atoms with Gasteiger partial charge in [0.25, 0.3) is 0 Å². The van der Waals surface area contributed by atoms with E-state index in [1.54, 1.807) is 6.92 Å². The van der Waals surface area contributed by atoms with Gasteiger partial charge in [-0.2, -0.15) is 0 Å². The van der Waals surface area contributed by atoms with E-state index in [2.05, 4.69) is 20.8 Å². The average Bonchev–Trinajstić information content (AvgIpc) is 2.83. The maximum absolute atomic E-state index is 12.1. The van der Waals surface area contributed by atoms with Crippen LogP contribution in [0.1, 0.15) is 12.5 Å². The Morgan fingerprint density at radius 2 is 2.00 bits per heavy atom. The molecule has 1 saturated heterocycles. The Bertz CT molecular complexity index is 521. The number of carbonyl (C=O) groups is 1. The van der Waals surface area contributed by atoms with Gasteiger partial charge >= 0.3 is 0 Å². The Morgan fingerprint density at radius 3 is 2.52 bits per heavy atom. The minimum absolute atomic E-state index is 0.167. The zero-order chi connectivity index (χ0) is 19.0. The van der Waals surface area contributed by atoms with Crippen LogP contribution >= 0.6 is 0 Å². The first-order valence-electron chi connectivity index (χ1n) is 8.22. The summed E-state index contributed by atoms with van der Waals surface area (Å²) in [7, 11) is 11.5. The molecule has 1 fully saturated rings.